The van der Waals surface area contributed by atoms with Gasteiger partial charge in [0.1, 0.15) is 5.75 Å². The van der Waals surface area contributed by atoms with Gasteiger partial charge in [-0.1, -0.05) is 54.1 Å². The van der Waals surface area contributed by atoms with Crippen LogP contribution in [0.4, 0.5) is 0 Å². The molecule has 0 bridgehead atoms. The molecule has 0 heterocycles. The predicted octanol–water partition coefficient (Wildman–Crippen LogP) is 4.80. The van der Waals surface area contributed by atoms with Crippen molar-refractivity contribution in [2.24, 2.45) is 0 Å². The molecule has 3 N–H and O–H groups in total. The summed E-state index contributed by atoms with van der Waals surface area (Å²) in [5.41, 5.74) is 3.75. The number of ether oxygens (including phenoxy) is 1. The van der Waals surface area contributed by atoms with Crippen LogP contribution in [0, 0.1) is 0 Å². The number of hydrogen-bond donors (Lipinski definition) is 3. The van der Waals surface area contributed by atoms with Crippen LogP contribution in [-0.2, 0) is 4.79 Å². The molecule has 1 unspecified atom stereocenters. The van der Waals surface area contributed by atoms with E-state index in [4.69, 9.17) is 21.5 Å². The molecule has 0 aliphatic rings. The number of carbonyl (C=O) groups excluding carboxylic acids is 2. The molecule has 3 rings (SSSR count). The topological polar surface area (TPSA) is 87.7 Å². The maximum Gasteiger partial charge on any atom is 0.274 e. The Morgan fingerprint density at radius 3 is 2.31 bits per heavy atom. The minimum atomic E-state index is -0.592. The Bertz CT molecular complexity index is 1050. The van der Waals surface area contributed by atoms with E-state index in [1.807, 2.05) is 42.5 Å². The molecule has 2 amide bonds. The summed E-state index contributed by atoms with van der Waals surface area (Å²) in [5, 5.41) is 12.3. The van der Waals surface area contributed by atoms with E-state index in [1.165, 1.54) is 6.08 Å². The van der Waals surface area contributed by atoms with Gasteiger partial charge >= 0.3 is 0 Å². The predicted molar refractivity (Wildman–Crippen MR) is 124 cm³/mol. The number of rotatable bonds is 9. The smallest absolute Gasteiger partial charge is 0.274 e. The number of benzene rings is 3. The van der Waals surface area contributed by atoms with Gasteiger partial charge in [-0.3, -0.25) is 14.8 Å². The quantitative estimate of drug-likeness (QED) is 0.248. The number of hydrogen-bond acceptors (Lipinski definition) is 4. The van der Waals surface area contributed by atoms with Crippen molar-refractivity contribution in [1.82, 2.24) is 10.8 Å². The van der Waals surface area contributed by atoms with Crippen molar-refractivity contribution in [2.45, 2.75) is 12.5 Å². The number of carbonyl (C=O) groups is 2. The molecule has 0 saturated carbocycles. The Morgan fingerprint density at radius 1 is 0.969 bits per heavy atom. The lowest BCUT2D eigenvalue weighted by atomic mass is 10.0. The number of nitrogens with one attached hydrogen (secondary N) is 2. The fourth-order valence-electron chi connectivity index (χ4n) is 3.03. The maximum atomic E-state index is 12.5. The molecule has 0 aromatic heterocycles. The third-order valence-electron chi connectivity index (χ3n) is 4.71. The highest BCUT2D eigenvalue weighted by molar-refractivity contribution is 6.30. The highest BCUT2D eigenvalue weighted by atomic mass is 35.5. The van der Waals surface area contributed by atoms with Crippen molar-refractivity contribution in [1.29, 1.82) is 0 Å². The SMILES string of the molecule is O=C(/C=C/c1ccccc1)NC(CCOc1ccc(C(=O)NO)cc1)c1ccc(Cl)cc1. The van der Waals surface area contributed by atoms with Crippen molar-refractivity contribution < 1.29 is 19.5 Å². The van der Waals surface area contributed by atoms with Gasteiger partial charge in [0.2, 0.25) is 5.91 Å². The molecule has 164 valence electrons. The van der Waals surface area contributed by atoms with Gasteiger partial charge in [0.15, 0.2) is 0 Å². The summed E-state index contributed by atoms with van der Waals surface area (Å²) in [7, 11) is 0. The van der Waals surface area contributed by atoms with E-state index < -0.39 is 5.91 Å². The van der Waals surface area contributed by atoms with Crippen LogP contribution in [0.3, 0.4) is 0 Å². The van der Waals surface area contributed by atoms with Crippen molar-refractivity contribution in [2.75, 3.05) is 6.61 Å². The molecule has 0 radical (unpaired) electrons. The normalized spacial score (nSPS) is 11.7. The van der Waals surface area contributed by atoms with Crippen LogP contribution in [0.5, 0.6) is 5.75 Å². The molecule has 0 aliphatic heterocycles. The second-order valence-corrected chi connectivity index (χ2v) is 7.40. The Kier molecular flexibility index (Phi) is 8.43. The molecular formula is C25H23ClN2O4. The Balaban J connectivity index is 1.62. The van der Waals surface area contributed by atoms with E-state index in [2.05, 4.69) is 5.32 Å². The lowest BCUT2D eigenvalue weighted by Gasteiger charge is -2.19. The Morgan fingerprint density at radius 2 is 1.66 bits per heavy atom. The van der Waals surface area contributed by atoms with Gasteiger partial charge in [-0.2, -0.15) is 0 Å². The minimum Gasteiger partial charge on any atom is -0.494 e. The summed E-state index contributed by atoms with van der Waals surface area (Å²) < 4.78 is 5.77. The van der Waals surface area contributed by atoms with E-state index in [0.29, 0.717) is 29.4 Å². The van der Waals surface area contributed by atoms with Crippen LogP contribution in [0.1, 0.15) is 33.9 Å². The Hall–Kier alpha value is -3.61. The van der Waals surface area contributed by atoms with E-state index in [9.17, 15) is 9.59 Å². The van der Waals surface area contributed by atoms with Gasteiger partial charge in [-0.15, -0.1) is 0 Å². The molecule has 3 aromatic carbocycles. The zero-order chi connectivity index (χ0) is 22.8. The summed E-state index contributed by atoms with van der Waals surface area (Å²) in [4.78, 5) is 23.9. The summed E-state index contributed by atoms with van der Waals surface area (Å²) in [5.74, 6) is -0.233. The molecule has 1 atom stereocenters. The molecule has 6 nitrogen and oxygen atoms in total. The highest BCUT2D eigenvalue weighted by Gasteiger charge is 2.14. The lowest BCUT2D eigenvalue weighted by molar-refractivity contribution is -0.117. The summed E-state index contributed by atoms with van der Waals surface area (Å²) in [6.07, 6.45) is 3.78. The van der Waals surface area contributed by atoms with Crippen LogP contribution in [-0.4, -0.2) is 23.6 Å². The number of amides is 2. The van der Waals surface area contributed by atoms with Gasteiger partial charge < -0.3 is 10.1 Å². The lowest BCUT2D eigenvalue weighted by Crippen LogP contribution is -2.28. The molecule has 0 fully saturated rings. The third kappa shape index (κ3) is 6.97. The molecule has 7 heteroatoms. The van der Waals surface area contributed by atoms with Gasteiger partial charge in [-0.05, 0) is 53.6 Å². The molecule has 32 heavy (non-hydrogen) atoms. The van der Waals surface area contributed by atoms with E-state index >= 15 is 0 Å². The van der Waals surface area contributed by atoms with Crippen LogP contribution in [0.25, 0.3) is 6.08 Å². The van der Waals surface area contributed by atoms with Crippen LogP contribution < -0.4 is 15.5 Å². The first-order valence-corrected chi connectivity index (χ1v) is 10.4. The number of halogens is 1. The molecule has 0 saturated heterocycles. The van der Waals surface area contributed by atoms with E-state index in [-0.39, 0.29) is 11.9 Å². The minimum absolute atomic E-state index is 0.215. The fraction of sp³-hybridized carbons (Fsp3) is 0.120. The van der Waals surface area contributed by atoms with Crippen LogP contribution in [0.15, 0.2) is 84.9 Å². The first-order chi connectivity index (χ1) is 15.5. The van der Waals surface area contributed by atoms with E-state index in [0.717, 1.165) is 11.1 Å². The van der Waals surface area contributed by atoms with Crippen LogP contribution in [0.2, 0.25) is 5.02 Å². The molecule has 0 spiro atoms. The van der Waals surface area contributed by atoms with Gasteiger partial charge in [0, 0.05) is 23.1 Å². The van der Waals surface area contributed by atoms with Crippen molar-refractivity contribution in [3.8, 4) is 5.75 Å². The third-order valence-corrected chi connectivity index (χ3v) is 4.96. The van der Waals surface area contributed by atoms with Crippen molar-refractivity contribution in [3.63, 3.8) is 0 Å². The second-order valence-electron chi connectivity index (χ2n) is 6.96. The largest absolute Gasteiger partial charge is 0.494 e. The maximum absolute atomic E-state index is 12.5. The van der Waals surface area contributed by atoms with Gasteiger partial charge in [-0.25, -0.2) is 5.48 Å². The summed E-state index contributed by atoms with van der Waals surface area (Å²) in [6, 6.07) is 23.0. The highest BCUT2D eigenvalue weighted by Crippen LogP contribution is 2.21. The number of hydroxylamine groups is 1. The van der Waals surface area contributed by atoms with Gasteiger partial charge in [0.05, 0.1) is 12.6 Å². The van der Waals surface area contributed by atoms with Crippen molar-refractivity contribution >= 4 is 29.5 Å². The molecule has 0 aliphatic carbocycles. The second kappa shape index (κ2) is 11.7. The standard InChI is InChI=1S/C25H23ClN2O4/c26-21-11-7-19(8-12-21)23(27-24(29)15-6-18-4-2-1-3-5-18)16-17-32-22-13-9-20(10-14-22)25(30)28-31/h1-15,23,31H,16-17H2,(H,27,29)(H,28,30)/b15-6+. The van der Waals surface area contributed by atoms with Crippen LogP contribution >= 0.6 is 11.6 Å². The molecular weight excluding hydrogens is 428 g/mol. The average Bonchev–Trinajstić information content (AvgIpc) is 2.83. The summed E-state index contributed by atoms with van der Waals surface area (Å²) >= 11 is 6.00. The fourth-order valence-corrected chi connectivity index (χ4v) is 3.16. The van der Waals surface area contributed by atoms with Crippen molar-refractivity contribution in [3.05, 3.63) is 107 Å². The first-order valence-electron chi connectivity index (χ1n) is 10.0. The Labute approximate surface area is 191 Å². The zero-order valence-corrected chi connectivity index (χ0v) is 18.0. The summed E-state index contributed by atoms with van der Waals surface area (Å²) in [6.45, 7) is 0.335. The first kappa shape index (κ1) is 23.1. The van der Waals surface area contributed by atoms with E-state index in [1.54, 1.807) is 48.0 Å². The molecule has 3 aromatic rings. The zero-order valence-electron chi connectivity index (χ0n) is 17.2. The van der Waals surface area contributed by atoms with Gasteiger partial charge in [0.25, 0.3) is 5.91 Å². The average molecular weight is 451 g/mol. The monoisotopic (exact) mass is 450 g/mol.